The van der Waals surface area contributed by atoms with Gasteiger partial charge in [0.1, 0.15) is 0 Å². The third-order valence-electron chi connectivity index (χ3n) is 4.22. The second-order valence-corrected chi connectivity index (χ2v) is 5.83. The highest BCUT2D eigenvalue weighted by molar-refractivity contribution is 5.91. The molecule has 0 saturated carbocycles. The van der Waals surface area contributed by atoms with Crippen molar-refractivity contribution in [3.8, 4) is 0 Å². The number of nitrogens with zero attached hydrogens (tertiary/aromatic N) is 1. The van der Waals surface area contributed by atoms with Gasteiger partial charge in [-0.15, -0.1) is 24.8 Å². The summed E-state index contributed by atoms with van der Waals surface area (Å²) in [5, 5.41) is 0. The van der Waals surface area contributed by atoms with Crippen LogP contribution in [0.15, 0.2) is 73.1 Å². The summed E-state index contributed by atoms with van der Waals surface area (Å²) < 4.78 is 0. The molecule has 124 valence electrons. The quantitative estimate of drug-likeness (QED) is 0.797. The van der Waals surface area contributed by atoms with Crippen LogP contribution in [0.25, 0.3) is 11.3 Å². The van der Waals surface area contributed by atoms with Gasteiger partial charge in [0.2, 0.25) is 0 Å². The third kappa shape index (κ3) is 3.13. The molecule has 0 spiro atoms. The molecule has 4 rings (SSSR count). The van der Waals surface area contributed by atoms with Crippen molar-refractivity contribution in [1.82, 2.24) is 4.90 Å². The van der Waals surface area contributed by atoms with E-state index in [1.807, 2.05) is 6.08 Å². The van der Waals surface area contributed by atoms with Gasteiger partial charge in [0.15, 0.2) is 0 Å². The summed E-state index contributed by atoms with van der Waals surface area (Å²) in [5.41, 5.74) is 13.5. The van der Waals surface area contributed by atoms with E-state index in [0.717, 1.165) is 0 Å². The molecule has 0 fully saturated rings. The molecule has 0 bridgehead atoms. The average Bonchev–Trinajstić information content (AvgIpc) is 2.55. The number of hydrogen-bond donors (Lipinski definition) is 1. The van der Waals surface area contributed by atoms with Crippen LogP contribution in [0.2, 0.25) is 0 Å². The first-order valence-corrected chi connectivity index (χ1v) is 7.55. The van der Waals surface area contributed by atoms with Crippen molar-refractivity contribution in [3.63, 3.8) is 0 Å². The summed E-state index contributed by atoms with van der Waals surface area (Å²) >= 11 is 0. The second-order valence-electron chi connectivity index (χ2n) is 5.83. The molecule has 2 heterocycles. The van der Waals surface area contributed by atoms with Crippen LogP contribution in [0.3, 0.4) is 0 Å². The highest BCUT2D eigenvalue weighted by atomic mass is 35.5. The number of nitrogens with two attached hydrogens (primary N) is 1. The fourth-order valence-electron chi connectivity index (χ4n) is 3.05. The normalized spacial score (nSPS) is 17.6. The summed E-state index contributed by atoms with van der Waals surface area (Å²) in [4.78, 5) is 2.17. The standard InChI is InChI=1S/C20H18N2.2ClH/c1-14-6-8-15(9-7-14)19-13-22-11-10-16(21)12-20(22)18-5-3-2-4-17(18)19;;/h2-13,16H,21H2,1H3;2*1H. The summed E-state index contributed by atoms with van der Waals surface area (Å²) in [5.74, 6) is 0. The molecule has 2 aromatic carbocycles. The van der Waals surface area contributed by atoms with Crippen LogP contribution in [0.1, 0.15) is 22.3 Å². The van der Waals surface area contributed by atoms with Crippen molar-refractivity contribution >= 4 is 36.1 Å². The Hall–Kier alpha value is -2.00. The molecule has 4 heteroatoms. The van der Waals surface area contributed by atoms with Gasteiger partial charge in [0, 0.05) is 29.6 Å². The van der Waals surface area contributed by atoms with Gasteiger partial charge in [-0.3, -0.25) is 0 Å². The monoisotopic (exact) mass is 358 g/mol. The molecule has 2 aliphatic rings. The SMILES string of the molecule is Cc1ccc(C2=CN3C=CC(N)C=C3c3ccccc32)cc1.Cl.Cl. The van der Waals surface area contributed by atoms with E-state index in [2.05, 4.69) is 78.8 Å². The molecule has 0 radical (unpaired) electrons. The molecule has 1 atom stereocenters. The number of aryl methyl sites for hydroxylation is 1. The Labute approximate surface area is 155 Å². The molecule has 24 heavy (non-hydrogen) atoms. The molecule has 1 unspecified atom stereocenters. The van der Waals surface area contributed by atoms with Gasteiger partial charge in [-0.1, -0.05) is 54.1 Å². The van der Waals surface area contributed by atoms with Crippen LogP contribution in [0, 0.1) is 6.92 Å². The number of benzene rings is 2. The summed E-state index contributed by atoms with van der Waals surface area (Å²) in [6.45, 7) is 2.11. The minimum Gasteiger partial charge on any atom is -0.323 e. The second kappa shape index (κ2) is 7.27. The van der Waals surface area contributed by atoms with Crippen LogP contribution in [-0.2, 0) is 0 Å². The molecular weight excluding hydrogens is 339 g/mol. The Morgan fingerprint density at radius 2 is 1.58 bits per heavy atom. The van der Waals surface area contributed by atoms with Gasteiger partial charge in [-0.25, -0.2) is 0 Å². The van der Waals surface area contributed by atoms with E-state index in [4.69, 9.17) is 5.73 Å². The fraction of sp³-hybridized carbons (Fsp3) is 0.100. The highest BCUT2D eigenvalue weighted by Gasteiger charge is 2.23. The van der Waals surface area contributed by atoms with E-state index in [9.17, 15) is 0 Å². The van der Waals surface area contributed by atoms with Gasteiger partial charge in [0.05, 0.1) is 5.70 Å². The molecule has 2 aliphatic heterocycles. The minimum absolute atomic E-state index is 0. The zero-order valence-corrected chi connectivity index (χ0v) is 15.0. The summed E-state index contributed by atoms with van der Waals surface area (Å²) in [6.07, 6.45) is 8.38. The van der Waals surface area contributed by atoms with Gasteiger partial charge >= 0.3 is 0 Å². The zero-order chi connectivity index (χ0) is 15.1. The van der Waals surface area contributed by atoms with E-state index >= 15 is 0 Å². The Kier molecular flexibility index (Phi) is 5.55. The van der Waals surface area contributed by atoms with Crippen molar-refractivity contribution in [1.29, 1.82) is 0 Å². The Bertz CT molecular complexity index is 820. The van der Waals surface area contributed by atoms with Crippen LogP contribution in [0.5, 0.6) is 0 Å². The smallest absolute Gasteiger partial charge is 0.0506 e. The first-order valence-electron chi connectivity index (χ1n) is 7.55. The number of fused-ring (bicyclic) bond motifs is 3. The van der Waals surface area contributed by atoms with Gasteiger partial charge in [-0.05, 0) is 30.2 Å². The molecule has 2 aromatic rings. The van der Waals surface area contributed by atoms with E-state index in [0.29, 0.717) is 0 Å². The van der Waals surface area contributed by atoms with Gasteiger partial charge in [0.25, 0.3) is 0 Å². The van der Waals surface area contributed by atoms with Crippen LogP contribution in [-0.4, -0.2) is 10.9 Å². The third-order valence-corrected chi connectivity index (χ3v) is 4.22. The first-order chi connectivity index (χ1) is 10.7. The lowest BCUT2D eigenvalue weighted by Gasteiger charge is -2.32. The van der Waals surface area contributed by atoms with Crippen LogP contribution < -0.4 is 5.73 Å². The van der Waals surface area contributed by atoms with E-state index < -0.39 is 0 Å². The van der Waals surface area contributed by atoms with Crippen molar-refractivity contribution in [2.75, 3.05) is 0 Å². The molecule has 0 aromatic heterocycles. The average molecular weight is 359 g/mol. The molecule has 0 aliphatic carbocycles. The lowest BCUT2D eigenvalue weighted by Crippen LogP contribution is -2.25. The maximum absolute atomic E-state index is 6.05. The van der Waals surface area contributed by atoms with Crippen LogP contribution in [0.4, 0.5) is 0 Å². The Morgan fingerprint density at radius 1 is 0.917 bits per heavy atom. The van der Waals surface area contributed by atoms with Crippen LogP contribution >= 0.6 is 24.8 Å². The minimum atomic E-state index is -0.0198. The largest absolute Gasteiger partial charge is 0.323 e. The number of halogens is 2. The predicted octanol–water partition coefficient (Wildman–Crippen LogP) is 4.74. The molecule has 2 N–H and O–H groups in total. The Morgan fingerprint density at radius 3 is 2.29 bits per heavy atom. The summed E-state index contributed by atoms with van der Waals surface area (Å²) in [6, 6.07) is 17.2. The van der Waals surface area contributed by atoms with Crippen molar-refractivity contribution < 1.29 is 0 Å². The molecular formula is C20H20Cl2N2. The maximum atomic E-state index is 6.05. The summed E-state index contributed by atoms with van der Waals surface area (Å²) in [7, 11) is 0. The van der Waals surface area contributed by atoms with Gasteiger partial charge < -0.3 is 10.6 Å². The van der Waals surface area contributed by atoms with Crippen molar-refractivity contribution in [2.45, 2.75) is 13.0 Å². The van der Waals surface area contributed by atoms with E-state index in [-0.39, 0.29) is 30.9 Å². The first kappa shape index (κ1) is 18.3. The van der Waals surface area contributed by atoms with Crippen molar-refractivity contribution in [2.24, 2.45) is 5.73 Å². The molecule has 0 saturated heterocycles. The predicted molar refractivity (Wildman–Crippen MR) is 106 cm³/mol. The zero-order valence-electron chi connectivity index (χ0n) is 13.3. The van der Waals surface area contributed by atoms with E-state index in [1.165, 1.54) is 33.5 Å². The fourth-order valence-corrected chi connectivity index (χ4v) is 3.05. The maximum Gasteiger partial charge on any atom is 0.0506 e. The number of rotatable bonds is 1. The lowest BCUT2D eigenvalue weighted by atomic mass is 9.88. The topological polar surface area (TPSA) is 29.3 Å². The van der Waals surface area contributed by atoms with Gasteiger partial charge in [-0.2, -0.15) is 0 Å². The Balaban J connectivity index is 0.00000104. The van der Waals surface area contributed by atoms with E-state index in [1.54, 1.807) is 0 Å². The lowest BCUT2D eigenvalue weighted by molar-refractivity contribution is 0.690. The molecule has 0 amide bonds. The van der Waals surface area contributed by atoms with Crippen molar-refractivity contribution in [3.05, 3.63) is 95.3 Å². The highest BCUT2D eigenvalue weighted by Crippen LogP contribution is 2.38. The molecule has 2 nitrogen and oxygen atoms in total. The number of hydrogen-bond acceptors (Lipinski definition) is 2.